The number of hydrogen-bond donors (Lipinski definition) is 0. The number of rotatable bonds is 6. The van der Waals surface area contributed by atoms with Crippen LogP contribution in [0.4, 0.5) is 0 Å². The first-order valence-electron chi connectivity index (χ1n) is 6.51. The molecule has 2 heteroatoms. The summed E-state index contributed by atoms with van der Waals surface area (Å²) in [4.78, 5) is 13.9. The number of benzene rings is 1. The van der Waals surface area contributed by atoms with Gasteiger partial charge in [-0.1, -0.05) is 44.2 Å². The molecule has 0 amide bonds. The fourth-order valence-corrected chi connectivity index (χ4v) is 1.64. The van der Waals surface area contributed by atoms with E-state index < -0.39 is 0 Å². The van der Waals surface area contributed by atoms with Crippen molar-refractivity contribution in [2.45, 2.75) is 33.7 Å². The van der Waals surface area contributed by atoms with Crippen LogP contribution in [0.2, 0.25) is 0 Å². The summed E-state index contributed by atoms with van der Waals surface area (Å²) in [6.45, 7) is 6.84. The highest BCUT2D eigenvalue weighted by molar-refractivity contribution is 5.91. The summed E-state index contributed by atoms with van der Waals surface area (Å²) < 4.78 is 0. The Morgan fingerprint density at radius 3 is 2.50 bits per heavy atom. The topological polar surface area (TPSA) is 20.3 Å². The number of allylic oxidation sites excluding steroid dienone is 2. The van der Waals surface area contributed by atoms with Gasteiger partial charge in [-0.2, -0.15) is 0 Å². The summed E-state index contributed by atoms with van der Waals surface area (Å²) >= 11 is 0. The third-order valence-electron chi connectivity index (χ3n) is 3.31. The summed E-state index contributed by atoms with van der Waals surface area (Å²) in [6.07, 6.45) is 2.65. The number of hydrogen-bond acceptors (Lipinski definition) is 2. The predicted octanol–water partition coefficient (Wildman–Crippen LogP) is 3.64. The van der Waals surface area contributed by atoms with Gasteiger partial charge in [-0.05, 0) is 18.9 Å². The average Bonchev–Trinajstić information content (AvgIpc) is 2.38. The minimum absolute atomic E-state index is 0.116. The number of ketones is 1. The van der Waals surface area contributed by atoms with E-state index in [1.54, 1.807) is 6.08 Å². The first-order chi connectivity index (χ1) is 8.54. The van der Waals surface area contributed by atoms with Crippen LogP contribution in [0, 0.1) is 5.92 Å². The van der Waals surface area contributed by atoms with Gasteiger partial charge in [0.1, 0.15) is 0 Å². The molecule has 1 rings (SSSR count). The Labute approximate surface area is 110 Å². The summed E-state index contributed by atoms with van der Waals surface area (Å²) in [5, 5.41) is 0. The number of carbonyl (C=O) groups is 1. The Morgan fingerprint density at radius 2 is 1.94 bits per heavy atom. The van der Waals surface area contributed by atoms with Crippen molar-refractivity contribution in [3.63, 3.8) is 0 Å². The van der Waals surface area contributed by atoms with Crippen molar-refractivity contribution < 1.29 is 4.79 Å². The standard InChI is InChI=1S/C16H23NO/c1-5-13(2)16(18)11-14(3)17(4)12-15-9-7-6-8-10-15/h6-11,13H,5,12H2,1-4H3/b14-11-. The maximum Gasteiger partial charge on any atom is 0.160 e. The van der Waals surface area contributed by atoms with Crippen LogP contribution in [0.15, 0.2) is 42.1 Å². The fourth-order valence-electron chi connectivity index (χ4n) is 1.64. The molecule has 0 aliphatic heterocycles. The third kappa shape index (κ3) is 4.36. The van der Waals surface area contributed by atoms with E-state index in [0.29, 0.717) is 0 Å². The van der Waals surface area contributed by atoms with Gasteiger partial charge >= 0.3 is 0 Å². The van der Waals surface area contributed by atoms with Gasteiger partial charge in [-0.15, -0.1) is 0 Å². The van der Waals surface area contributed by atoms with Crippen LogP contribution in [-0.4, -0.2) is 17.7 Å². The molecule has 1 aromatic rings. The van der Waals surface area contributed by atoms with Gasteiger partial charge in [0, 0.05) is 31.3 Å². The molecular weight excluding hydrogens is 222 g/mol. The van der Waals surface area contributed by atoms with Crippen LogP contribution in [0.5, 0.6) is 0 Å². The fraction of sp³-hybridized carbons (Fsp3) is 0.438. The first kappa shape index (κ1) is 14.5. The Morgan fingerprint density at radius 1 is 1.33 bits per heavy atom. The molecule has 0 aromatic heterocycles. The zero-order chi connectivity index (χ0) is 13.5. The minimum Gasteiger partial charge on any atom is -0.374 e. The molecule has 0 saturated heterocycles. The van der Waals surface area contributed by atoms with Crippen molar-refractivity contribution in [2.75, 3.05) is 7.05 Å². The second kappa shape index (κ2) is 7.00. The maximum atomic E-state index is 11.8. The zero-order valence-electron chi connectivity index (χ0n) is 11.8. The zero-order valence-corrected chi connectivity index (χ0v) is 11.8. The quantitative estimate of drug-likeness (QED) is 0.713. The average molecular weight is 245 g/mol. The Hall–Kier alpha value is -1.57. The van der Waals surface area contributed by atoms with Gasteiger partial charge in [0.15, 0.2) is 5.78 Å². The molecule has 0 heterocycles. The van der Waals surface area contributed by atoms with E-state index in [9.17, 15) is 4.79 Å². The van der Waals surface area contributed by atoms with Crippen LogP contribution in [0.3, 0.4) is 0 Å². The second-order valence-corrected chi connectivity index (χ2v) is 4.84. The van der Waals surface area contributed by atoms with Crippen molar-refractivity contribution in [1.82, 2.24) is 4.90 Å². The first-order valence-corrected chi connectivity index (χ1v) is 6.51. The largest absolute Gasteiger partial charge is 0.374 e. The van der Waals surface area contributed by atoms with Gasteiger partial charge < -0.3 is 4.90 Å². The van der Waals surface area contributed by atoms with Crippen LogP contribution in [-0.2, 0) is 11.3 Å². The Balaban J connectivity index is 2.64. The molecule has 0 spiro atoms. The molecule has 1 unspecified atom stereocenters. The van der Waals surface area contributed by atoms with Gasteiger partial charge in [-0.3, -0.25) is 4.79 Å². The van der Waals surface area contributed by atoms with E-state index in [1.807, 2.05) is 46.0 Å². The SMILES string of the molecule is CCC(C)C(=O)/C=C(/C)N(C)Cc1ccccc1. The summed E-state index contributed by atoms with van der Waals surface area (Å²) in [6, 6.07) is 10.3. The van der Waals surface area contributed by atoms with Crippen LogP contribution < -0.4 is 0 Å². The Kier molecular flexibility index (Phi) is 5.63. The Bertz CT molecular complexity index is 408. The van der Waals surface area contributed by atoms with E-state index in [-0.39, 0.29) is 11.7 Å². The molecule has 0 aliphatic carbocycles. The van der Waals surface area contributed by atoms with Crippen molar-refractivity contribution in [3.05, 3.63) is 47.7 Å². The van der Waals surface area contributed by atoms with E-state index in [1.165, 1.54) is 5.56 Å². The minimum atomic E-state index is 0.116. The predicted molar refractivity (Wildman–Crippen MR) is 76.1 cm³/mol. The van der Waals surface area contributed by atoms with Crippen LogP contribution >= 0.6 is 0 Å². The number of carbonyl (C=O) groups excluding carboxylic acids is 1. The number of nitrogens with zero attached hydrogens (tertiary/aromatic N) is 1. The smallest absolute Gasteiger partial charge is 0.160 e. The normalized spacial score (nSPS) is 13.2. The van der Waals surface area contributed by atoms with Crippen molar-refractivity contribution in [2.24, 2.45) is 5.92 Å². The van der Waals surface area contributed by atoms with Crippen molar-refractivity contribution >= 4 is 5.78 Å². The van der Waals surface area contributed by atoms with Gasteiger partial charge in [-0.25, -0.2) is 0 Å². The van der Waals surface area contributed by atoms with Gasteiger partial charge in [0.05, 0.1) is 0 Å². The van der Waals surface area contributed by atoms with E-state index in [2.05, 4.69) is 17.0 Å². The molecule has 2 nitrogen and oxygen atoms in total. The lowest BCUT2D eigenvalue weighted by molar-refractivity contribution is -0.117. The molecule has 0 N–H and O–H groups in total. The molecule has 1 atom stereocenters. The molecule has 0 radical (unpaired) electrons. The summed E-state index contributed by atoms with van der Waals surface area (Å²) in [7, 11) is 2.02. The van der Waals surface area contributed by atoms with Gasteiger partial charge in [0.25, 0.3) is 0 Å². The highest BCUT2D eigenvalue weighted by atomic mass is 16.1. The van der Waals surface area contributed by atoms with Crippen LogP contribution in [0.1, 0.15) is 32.8 Å². The van der Waals surface area contributed by atoms with E-state index >= 15 is 0 Å². The van der Waals surface area contributed by atoms with Crippen molar-refractivity contribution in [1.29, 1.82) is 0 Å². The maximum absolute atomic E-state index is 11.8. The summed E-state index contributed by atoms with van der Waals surface area (Å²) in [5.41, 5.74) is 2.27. The van der Waals surface area contributed by atoms with Crippen molar-refractivity contribution in [3.8, 4) is 0 Å². The molecule has 18 heavy (non-hydrogen) atoms. The second-order valence-electron chi connectivity index (χ2n) is 4.84. The third-order valence-corrected chi connectivity index (χ3v) is 3.31. The molecule has 0 fully saturated rings. The molecular formula is C16H23NO. The lowest BCUT2D eigenvalue weighted by atomic mass is 10.0. The van der Waals surface area contributed by atoms with E-state index in [0.717, 1.165) is 18.7 Å². The highest BCUT2D eigenvalue weighted by Crippen LogP contribution is 2.11. The lowest BCUT2D eigenvalue weighted by Gasteiger charge is -2.20. The highest BCUT2D eigenvalue weighted by Gasteiger charge is 2.09. The van der Waals surface area contributed by atoms with Crippen LogP contribution in [0.25, 0.3) is 0 Å². The molecule has 1 aromatic carbocycles. The molecule has 0 aliphatic rings. The molecule has 98 valence electrons. The van der Waals surface area contributed by atoms with Gasteiger partial charge in [0.2, 0.25) is 0 Å². The molecule has 0 bridgehead atoms. The molecule has 0 saturated carbocycles. The van der Waals surface area contributed by atoms with E-state index in [4.69, 9.17) is 0 Å². The summed E-state index contributed by atoms with van der Waals surface area (Å²) in [5.74, 6) is 0.333. The lowest BCUT2D eigenvalue weighted by Crippen LogP contribution is -2.17. The monoisotopic (exact) mass is 245 g/mol.